The second-order valence-corrected chi connectivity index (χ2v) is 11.8. The lowest BCUT2D eigenvalue weighted by Crippen LogP contribution is -2.43. The van der Waals surface area contributed by atoms with E-state index in [1.807, 2.05) is 13.8 Å². The molecule has 1 saturated heterocycles. The van der Waals surface area contributed by atoms with Crippen LogP contribution in [-0.2, 0) is 31.4 Å². The molecule has 0 bridgehead atoms. The number of hydrogen-bond acceptors (Lipinski definition) is 5. The van der Waals surface area contributed by atoms with Gasteiger partial charge in [0.15, 0.2) is 0 Å². The molecule has 1 aromatic rings. The van der Waals surface area contributed by atoms with E-state index < -0.39 is 20.0 Å². The zero-order valence-corrected chi connectivity index (χ0v) is 19.1. The summed E-state index contributed by atoms with van der Waals surface area (Å²) in [4.78, 5) is 12.6. The number of carbonyl (C=O) groups excluding carboxylic acids is 1. The standard InChI is InChI=1S/C19H31N3O5S2/c1-5-28(24,25)22-12-10-17(11-13-22)19(23)20-14-16-6-8-18(9-7-16)29(26,27)21(4)15(2)3/h6-9,15,17H,5,10-14H2,1-4H3,(H,20,23). The first-order chi connectivity index (χ1) is 13.5. The van der Waals surface area contributed by atoms with Gasteiger partial charge in [-0.15, -0.1) is 0 Å². The minimum absolute atomic E-state index is 0.0720. The number of rotatable bonds is 8. The fraction of sp³-hybridized carbons (Fsp3) is 0.632. The van der Waals surface area contributed by atoms with E-state index in [4.69, 9.17) is 0 Å². The van der Waals surface area contributed by atoms with E-state index >= 15 is 0 Å². The summed E-state index contributed by atoms with van der Waals surface area (Å²) in [5.41, 5.74) is 0.801. The maximum Gasteiger partial charge on any atom is 0.243 e. The van der Waals surface area contributed by atoms with Crippen molar-refractivity contribution in [1.82, 2.24) is 13.9 Å². The van der Waals surface area contributed by atoms with Crippen LogP contribution < -0.4 is 5.32 Å². The lowest BCUT2D eigenvalue weighted by molar-refractivity contribution is -0.126. The van der Waals surface area contributed by atoms with Gasteiger partial charge in [0.2, 0.25) is 26.0 Å². The molecule has 0 atom stereocenters. The third-order valence-electron chi connectivity index (χ3n) is 5.38. The molecular formula is C19H31N3O5S2. The topological polar surface area (TPSA) is 104 Å². The van der Waals surface area contributed by atoms with Crippen molar-refractivity contribution >= 4 is 26.0 Å². The molecule has 1 amide bonds. The lowest BCUT2D eigenvalue weighted by Gasteiger charge is -2.30. The molecular weight excluding hydrogens is 414 g/mol. The first kappa shape index (κ1) is 23.8. The Labute approximate surface area is 174 Å². The van der Waals surface area contributed by atoms with Crippen molar-refractivity contribution in [2.45, 2.75) is 51.1 Å². The Morgan fingerprint density at radius 1 is 1.14 bits per heavy atom. The zero-order chi connectivity index (χ0) is 21.8. The highest BCUT2D eigenvalue weighted by atomic mass is 32.2. The van der Waals surface area contributed by atoms with Crippen LogP contribution in [0.1, 0.15) is 39.2 Å². The maximum atomic E-state index is 12.5. The van der Waals surface area contributed by atoms with Gasteiger partial charge in [-0.05, 0) is 51.3 Å². The van der Waals surface area contributed by atoms with Gasteiger partial charge < -0.3 is 5.32 Å². The summed E-state index contributed by atoms with van der Waals surface area (Å²) < 4.78 is 51.5. The van der Waals surface area contributed by atoms with Gasteiger partial charge in [0.05, 0.1) is 10.6 Å². The van der Waals surface area contributed by atoms with Gasteiger partial charge in [0.25, 0.3) is 0 Å². The zero-order valence-electron chi connectivity index (χ0n) is 17.5. The minimum Gasteiger partial charge on any atom is -0.352 e. The smallest absolute Gasteiger partial charge is 0.243 e. The molecule has 0 aliphatic carbocycles. The monoisotopic (exact) mass is 445 g/mol. The van der Waals surface area contributed by atoms with Crippen LogP contribution in [0.25, 0.3) is 0 Å². The SMILES string of the molecule is CCS(=O)(=O)N1CCC(C(=O)NCc2ccc(S(=O)(=O)N(C)C(C)C)cc2)CC1. The summed E-state index contributed by atoms with van der Waals surface area (Å²) in [6.45, 7) is 6.26. The Balaban J connectivity index is 1.90. The normalized spacial score (nSPS) is 17.0. The van der Waals surface area contributed by atoms with Crippen LogP contribution in [0.15, 0.2) is 29.2 Å². The molecule has 0 aromatic heterocycles. The van der Waals surface area contributed by atoms with Crippen molar-refractivity contribution in [3.8, 4) is 0 Å². The van der Waals surface area contributed by atoms with E-state index in [9.17, 15) is 21.6 Å². The van der Waals surface area contributed by atoms with E-state index in [-0.39, 0.29) is 28.5 Å². The van der Waals surface area contributed by atoms with Crippen molar-refractivity contribution in [2.24, 2.45) is 5.92 Å². The van der Waals surface area contributed by atoms with Crippen LogP contribution in [0, 0.1) is 5.92 Å². The number of benzene rings is 1. The molecule has 1 N–H and O–H groups in total. The molecule has 0 radical (unpaired) electrons. The fourth-order valence-corrected chi connectivity index (χ4v) is 5.64. The Hall–Kier alpha value is -1.49. The molecule has 0 saturated carbocycles. The molecule has 8 nitrogen and oxygen atoms in total. The number of nitrogens with one attached hydrogen (secondary N) is 1. The van der Waals surface area contributed by atoms with Crippen molar-refractivity contribution in [1.29, 1.82) is 0 Å². The van der Waals surface area contributed by atoms with Gasteiger partial charge >= 0.3 is 0 Å². The molecule has 10 heteroatoms. The molecule has 1 aromatic carbocycles. The number of sulfonamides is 2. The first-order valence-electron chi connectivity index (χ1n) is 9.81. The summed E-state index contributed by atoms with van der Waals surface area (Å²) in [5, 5.41) is 2.87. The van der Waals surface area contributed by atoms with Gasteiger partial charge in [-0.1, -0.05) is 12.1 Å². The predicted molar refractivity (Wildman–Crippen MR) is 112 cm³/mol. The van der Waals surface area contributed by atoms with Crippen LogP contribution in [0.2, 0.25) is 0 Å². The largest absolute Gasteiger partial charge is 0.352 e. The third-order valence-corrected chi connectivity index (χ3v) is 9.31. The van der Waals surface area contributed by atoms with Gasteiger partial charge in [-0.3, -0.25) is 4.79 Å². The van der Waals surface area contributed by atoms with E-state index in [2.05, 4.69) is 5.32 Å². The quantitative estimate of drug-likeness (QED) is 0.651. The van der Waals surface area contributed by atoms with Crippen molar-refractivity contribution < 1.29 is 21.6 Å². The summed E-state index contributed by atoms with van der Waals surface area (Å²) in [7, 11) is -5.19. The van der Waals surface area contributed by atoms with Gasteiger partial charge in [0.1, 0.15) is 0 Å². The average molecular weight is 446 g/mol. The second kappa shape index (κ2) is 9.55. The van der Waals surface area contributed by atoms with Gasteiger partial charge in [-0.2, -0.15) is 4.31 Å². The molecule has 164 valence electrons. The van der Waals surface area contributed by atoms with Gasteiger partial charge in [0, 0.05) is 38.6 Å². The Morgan fingerprint density at radius 3 is 2.17 bits per heavy atom. The number of carbonyl (C=O) groups is 1. The molecule has 1 aliphatic rings. The van der Waals surface area contributed by atoms with E-state index in [0.717, 1.165) is 5.56 Å². The van der Waals surface area contributed by atoms with E-state index in [0.29, 0.717) is 32.5 Å². The summed E-state index contributed by atoms with van der Waals surface area (Å²) >= 11 is 0. The Bertz CT molecular complexity index is 904. The minimum atomic E-state index is -3.53. The molecule has 0 unspecified atom stereocenters. The molecule has 2 rings (SSSR count). The van der Waals surface area contributed by atoms with Crippen LogP contribution in [-0.4, -0.2) is 63.3 Å². The summed E-state index contributed by atoms with van der Waals surface area (Å²) in [5.74, 6) is -0.241. The van der Waals surface area contributed by atoms with Crippen molar-refractivity contribution in [2.75, 3.05) is 25.9 Å². The van der Waals surface area contributed by atoms with Crippen LogP contribution in [0.5, 0.6) is 0 Å². The summed E-state index contributed by atoms with van der Waals surface area (Å²) in [6, 6.07) is 6.33. The lowest BCUT2D eigenvalue weighted by atomic mass is 9.97. The van der Waals surface area contributed by atoms with E-state index in [1.165, 1.54) is 8.61 Å². The molecule has 1 fully saturated rings. The average Bonchev–Trinajstić information content (AvgIpc) is 2.71. The number of hydrogen-bond donors (Lipinski definition) is 1. The highest BCUT2D eigenvalue weighted by Crippen LogP contribution is 2.21. The number of piperidine rings is 1. The number of amides is 1. The van der Waals surface area contributed by atoms with Crippen LogP contribution in [0.3, 0.4) is 0 Å². The molecule has 1 aliphatic heterocycles. The van der Waals surface area contributed by atoms with Crippen molar-refractivity contribution in [3.63, 3.8) is 0 Å². The molecule has 29 heavy (non-hydrogen) atoms. The van der Waals surface area contributed by atoms with Crippen LogP contribution in [0.4, 0.5) is 0 Å². The van der Waals surface area contributed by atoms with Crippen LogP contribution >= 0.6 is 0 Å². The van der Waals surface area contributed by atoms with Gasteiger partial charge in [-0.25, -0.2) is 21.1 Å². The molecule has 1 heterocycles. The summed E-state index contributed by atoms with van der Waals surface area (Å²) in [6.07, 6.45) is 1.01. The number of nitrogens with zero attached hydrogens (tertiary/aromatic N) is 2. The fourth-order valence-electron chi connectivity index (χ4n) is 3.14. The maximum absolute atomic E-state index is 12.5. The first-order valence-corrected chi connectivity index (χ1v) is 12.9. The Kier molecular flexibility index (Phi) is 7.83. The van der Waals surface area contributed by atoms with E-state index in [1.54, 1.807) is 38.2 Å². The molecule has 0 spiro atoms. The second-order valence-electron chi connectivity index (χ2n) is 7.55. The van der Waals surface area contributed by atoms with Crippen molar-refractivity contribution in [3.05, 3.63) is 29.8 Å². The third kappa shape index (κ3) is 5.78. The Morgan fingerprint density at radius 2 is 1.69 bits per heavy atom. The predicted octanol–water partition coefficient (Wildman–Crippen LogP) is 1.39. The highest BCUT2D eigenvalue weighted by Gasteiger charge is 2.30. The highest BCUT2D eigenvalue weighted by molar-refractivity contribution is 7.89.